The minimum Gasteiger partial charge on any atom is -0.495 e. The molecule has 0 aliphatic rings. The molecule has 10 heteroatoms. The van der Waals surface area contributed by atoms with Gasteiger partial charge in [-0.15, -0.1) is 0 Å². The highest BCUT2D eigenvalue weighted by atomic mass is 32.2. The van der Waals surface area contributed by atoms with Crippen molar-refractivity contribution in [2.75, 3.05) is 11.8 Å². The van der Waals surface area contributed by atoms with Gasteiger partial charge in [-0.05, 0) is 51.1 Å². The number of hydrogen-bond donors (Lipinski definition) is 2. The lowest BCUT2D eigenvalue weighted by molar-refractivity contribution is -0.385. The molecular formula is C18H21N3O6S. The van der Waals surface area contributed by atoms with E-state index in [0.717, 1.165) is 12.1 Å². The number of anilines is 1. The Balaban J connectivity index is 2.29. The summed E-state index contributed by atoms with van der Waals surface area (Å²) < 4.78 is 32.7. The number of carbonyl (C=O) groups excluding carboxylic acids is 1. The molecule has 2 aromatic carbocycles. The molecule has 0 aliphatic carbocycles. The van der Waals surface area contributed by atoms with Gasteiger partial charge in [0.05, 0.1) is 12.0 Å². The summed E-state index contributed by atoms with van der Waals surface area (Å²) in [6.07, 6.45) is 0. The predicted molar refractivity (Wildman–Crippen MR) is 104 cm³/mol. The van der Waals surface area contributed by atoms with Gasteiger partial charge in [0, 0.05) is 28.9 Å². The van der Waals surface area contributed by atoms with Gasteiger partial charge in [-0.1, -0.05) is 0 Å². The van der Waals surface area contributed by atoms with Crippen LogP contribution in [0, 0.1) is 10.1 Å². The van der Waals surface area contributed by atoms with Crippen molar-refractivity contribution in [3.05, 3.63) is 58.1 Å². The monoisotopic (exact) mass is 407 g/mol. The van der Waals surface area contributed by atoms with Crippen molar-refractivity contribution in [2.45, 2.75) is 31.2 Å². The third kappa shape index (κ3) is 5.19. The van der Waals surface area contributed by atoms with E-state index in [1.54, 1.807) is 0 Å². The largest absolute Gasteiger partial charge is 0.495 e. The van der Waals surface area contributed by atoms with Crippen LogP contribution in [0.3, 0.4) is 0 Å². The Morgan fingerprint density at radius 2 is 1.71 bits per heavy atom. The van der Waals surface area contributed by atoms with Gasteiger partial charge in [-0.2, -0.15) is 0 Å². The first kappa shape index (κ1) is 21.2. The standard InChI is InChI=1S/C18H21N3O6S/c1-18(2,3)19-17(22)12-5-7-13(8-6-12)20-28(25,26)16-11-14(21(23)24)9-10-15(16)27-4/h5-11,20H,1-4H3,(H,19,22). The molecule has 0 spiro atoms. The number of nitro groups is 1. The number of amides is 1. The van der Waals surface area contributed by atoms with E-state index in [2.05, 4.69) is 10.0 Å². The molecule has 2 rings (SSSR count). The number of non-ortho nitro benzene ring substituents is 1. The molecule has 1 amide bonds. The van der Waals surface area contributed by atoms with Crippen LogP contribution in [-0.2, 0) is 10.0 Å². The summed E-state index contributed by atoms with van der Waals surface area (Å²) in [5, 5.41) is 13.8. The van der Waals surface area contributed by atoms with E-state index in [1.807, 2.05) is 20.8 Å². The normalized spacial score (nSPS) is 11.6. The minimum atomic E-state index is -4.15. The number of carbonyl (C=O) groups is 1. The maximum absolute atomic E-state index is 12.7. The second-order valence-electron chi connectivity index (χ2n) is 6.98. The van der Waals surface area contributed by atoms with Gasteiger partial charge in [-0.25, -0.2) is 8.42 Å². The quantitative estimate of drug-likeness (QED) is 0.560. The Hall–Kier alpha value is -3.14. The first-order valence-electron chi connectivity index (χ1n) is 8.21. The average molecular weight is 407 g/mol. The van der Waals surface area contributed by atoms with Crippen molar-refractivity contribution in [1.82, 2.24) is 5.32 Å². The fourth-order valence-corrected chi connectivity index (χ4v) is 3.55. The summed E-state index contributed by atoms with van der Waals surface area (Å²) in [5.74, 6) is -0.318. The highest BCUT2D eigenvalue weighted by molar-refractivity contribution is 7.92. The molecule has 28 heavy (non-hydrogen) atoms. The van der Waals surface area contributed by atoms with E-state index in [0.29, 0.717) is 5.56 Å². The summed E-state index contributed by atoms with van der Waals surface area (Å²) in [5.41, 5.74) is -0.224. The lowest BCUT2D eigenvalue weighted by Gasteiger charge is -2.20. The first-order valence-corrected chi connectivity index (χ1v) is 9.69. The van der Waals surface area contributed by atoms with Crippen LogP contribution >= 0.6 is 0 Å². The van der Waals surface area contributed by atoms with E-state index < -0.39 is 20.5 Å². The summed E-state index contributed by atoms with van der Waals surface area (Å²) in [6, 6.07) is 9.10. The minimum absolute atomic E-state index is 0.0284. The maximum Gasteiger partial charge on any atom is 0.271 e. The zero-order valence-electron chi connectivity index (χ0n) is 15.8. The molecule has 0 unspecified atom stereocenters. The number of benzene rings is 2. The highest BCUT2D eigenvalue weighted by Gasteiger charge is 2.23. The van der Waals surface area contributed by atoms with Crippen LogP contribution in [0.4, 0.5) is 11.4 Å². The maximum atomic E-state index is 12.7. The van der Waals surface area contributed by atoms with Gasteiger partial charge in [0.25, 0.3) is 21.6 Å². The number of nitro benzene ring substituents is 1. The molecular weight excluding hydrogens is 386 g/mol. The van der Waals surface area contributed by atoms with Crippen LogP contribution < -0.4 is 14.8 Å². The fraction of sp³-hybridized carbons (Fsp3) is 0.278. The second-order valence-corrected chi connectivity index (χ2v) is 8.63. The molecule has 2 N–H and O–H groups in total. The van der Waals surface area contributed by atoms with Crippen molar-refractivity contribution in [3.8, 4) is 5.75 Å². The van der Waals surface area contributed by atoms with Crippen LogP contribution in [0.5, 0.6) is 5.75 Å². The van der Waals surface area contributed by atoms with Gasteiger partial charge in [0.15, 0.2) is 0 Å². The average Bonchev–Trinajstić information content (AvgIpc) is 2.59. The molecule has 0 aliphatic heterocycles. The summed E-state index contributed by atoms with van der Waals surface area (Å²) in [4.78, 5) is 22.0. The smallest absolute Gasteiger partial charge is 0.271 e. The highest BCUT2D eigenvalue weighted by Crippen LogP contribution is 2.29. The number of methoxy groups -OCH3 is 1. The van der Waals surface area contributed by atoms with Crippen LogP contribution in [0.25, 0.3) is 0 Å². The first-order chi connectivity index (χ1) is 12.9. The van der Waals surface area contributed by atoms with Gasteiger partial charge in [-0.3, -0.25) is 19.6 Å². The Morgan fingerprint density at radius 1 is 1.11 bits per heavy atom. The van der Waals surface area contributed by atoms with Gasteiger partial charge >= 0.3 is 0 Å². The van der Waals surface area contributed by atoms with Crippen LogP contribution in [-0.4, -0.2) is 31.9 Å². The Kier molecular flexibility index (Phi) is 5.93. The molecule has 0 atom stereocenters. The number of rotatable bonds is 6. The van der Waals surface area contributed by atoms with Crippen LogP contribution in [0.2, 0.25) is 0 Å². The third-order valence-corrected chi connectivity index (χ3v) is 4.94. The molecule has 0 saturated heterocycles. The SMILES string of the molecule is COc1ccc([N+](=O)[O-])cc1S(=O)(=O)Nc1ccc(C(=O)NC(C)(C)C)cc1. The van der Waals surface area contributed by atoms with Gasteiger partial charge < -0.3 is 10.1 Å². The van der Waals surface area contributed by atoms with Crippen molar-refractivity contribution in [2.24, 2.45) is 0 Å². The van der Waals surface area contributed by atoms with Crippen molar-refractivity contribution in [1.29, 1.82) is 0 Å². The van der Waals surface area contributed by atoms with Crippen molar-refractivity contribution in [3.63, 3.8) is 0 Å². The number of sulfonamides is 1. The van der Waals surface area contributed by atoms with Crippen LogP contribution in [0.15, 0.2) is 47.4 Å². The zero-order valence-corrected chi connectivity index (χ0v) is 16.7. The van der Waals surface area contributed by atoms with E-state index in [9.17, 15) is 23.3 Å². The van der Waals surface area contributed by atoms with Gasteiger partial charge in [0.1, 0.15) is 10.6 Å². The Morgan fingerprint density at radius 3 is 2.21 bits per heavy atom. The van der Waals surface area contributed by atoms with Crippen LogP contribution in [0.1, 0.15) is 31.1 Å². The summed E-state index contributed by atoms with van der Waals surface area (Å²) in [7, 11) is -2.89. The fourth-order valence-electron chi connectivity index (χ4n) is 2.30. The Labute approximate surface area is 162 Å². The van der Waals surface area contributed by atoms with Crippen molar-refractivity contribution < 1.29 is 22.9 Å². The molecule has 150 valence electrons. The molecule has 0 heterocycles. The number of nitrogens with one attached hydrogen (secondary N) is 2. The number of hydrogen-bond acceptors (Lipinski definition) is 6. The zero-order chi connectivity index (χ0) is 21.1. The molecule has 0 fully saturated rings. The van der Waals surface area contributed by atoms with E-state index in [-0.39, 0.29) is 27.9 Å². The summed E-state index contributed by atoms with van der Waals surface area (Å²) >= 11 is 0. The molecule has 0 bridgehead atoms. The molecule has 2 aromatic rings. The molecule has 0 radical (unpaired) electrons. The van der Waals surface area contributed by atoms with E-state index in [4.69, 9.17) is 4.74 Å². The number of ether oxygens (including phenoxy) is 1. The third-order valence-electron chi connectivity index (χ3n) is 3.54. The predicted octanol–water partition coefficient (Wildman–Crippen LogP) is 2.93. The number of nitrogens with zero attached hydrogens (tertiary/aromatic N) is 1. The molecule has 0 saturated carbocycles. The van der Waals surface area contributed by atoms with Crippen molar-refractivity contribution >= 4 is 27.3 Å². The lowest BCUT2D eigenvalue weighted by atomic mass is 10.1. The summed E-state index contributed by atoms with van der Waals surface area (Å²) in [6.45, 7) is 5.54. The molecule has 0 aromatic heterocycles. The topological polar surface area (TPSA) is 128 Å². The molecule has 9 nitrogen and oxygen atoms in total. The second kappa shape index (κ2) is 7.85. The van der Waals surface area contributed by atoms with E-state index >= 15 is 0 Å². The van der Waals surface area contributed by atoms with Gasteiger partial charge in [0.2, 0.25) is 0 Å². The Bertz CT molecular complexity index is 995. The van der Waals surface area contributed by atoms with E-state index in [1.165, 1.54) is 37.4 Å². The lowest BCUT2D eigenvalue weighted by Crippen LogP contribution is -2.40.